The summed E-state index contributed by atoms with van der Waals surface area (Å²) < 4.78 is 6.46. The zero-order chi connectivity index (χ0) is 15.2. The number of para-hydroxylation sites is 2. The van der Waals surface area contributed by atoms with Gasteiger partial charge in [-0.15, -0.1) is 0 Å². The van der Waals surface area contributed by atoms with Gasteiger partial charge in [-0.05, 0) is 46.2 Å². The van der Waals surface area contributed by atoms with Gasteiger partial charge in [0, 0.05) is 5.56 Å². The molecule has 5 rings (SSSR count). The van der Waals surface area contributed by atoms with E-state index in [9.17, 15) is 0 Å². The molecule has 0 radical (unpaired) electrons. The Morgan fingerprint density at radius 2 is 1.74 bits per heavy atom. The lowest BCUT2D eigenvalue weighted by molar-refractivity contribution is 0.0304. The molecule has 0 spiro atoms. The monoisotopic (exact) mass is 317 g/mol. The second-order valence-electron chi connectivity index (χ2n) is 5.81. The van der Waals surface area contributed by atoms with E-state index in [1.165, 1.54) is 28.1 Å². The third-order valence-corrected chi connectivity index (χ3v) is 5.19. The first kappa shape index (κ1) is 13.1. The molecule has 112 valence electrons. The normalized spacial score (nSPS) is 21.5. The summed E-state index contributed by atoms with van der Waals surface area (Å²) in [6, 6.07) is 19.2. The van der Waals surface area contributed by atoms with Gasteiger partial charge < -0.3 is 9.64 Å². The quantitative estimate of drug-likeness (QED) is 0.599. The molecule has 23 heavy (non-hydrogen) atoms. The van der Waals surface area contributed by atoms with Gasteiger partial charge in [-0.1, -0.05) is 42.5 Å². The predicted octanol–water partition coefficient (Wildman–Crippen LogP) is 5.36. The minimum absolute atomic E-state index is 0.00591. The average Bonchev–Trinajstić information content (AvgIpc) is 3.15. The third kappa shape index (κ3) is 1.97. The van der Waals surface area contributed by atoms with E-state index >= 15 is 0 Å². The van der Waals surface area contributed by atoms with E-state index in [0.717, 1.165) is 0 Å². The average molecular weight is 317 g/mol. The number of rotatable bonds is 1. The summed E-state index contributed by atoms with van der Waals surface area (Å²) >= 11 is 1.71. The fraction of sp³-hybridized carbons (Fsp3) is 0.100. The molecule has 1 aromatic heterocycles. The third-order valence-electron chi connectivity index (χ3n) is 4.49. The minimum Gasteiger partial charge on any atom is -0.342 e. The molecule has 3 heterocycles. The van der Waals surface area contributed by atoms with Crippen molar-refractivity contribution in [3.05, 3.63) is 88.1 Å². The van der Waals surface area contributed by atoms with Crippen LogP contribution >= 0.6 is 11.3 Å². The maximum absolute atomic E-state index is 6.46. The van der Waals surface area contributed by atoms with Gasteiger partial charge in [0.1, 0.15) is 6.10 Å². The van der Waals surface area contributed by atoms with Crippen molar-refractivity contribution in [2.75, 3.05) is 4.90 Å². The SMILES string of the molecule is C1=CC2OC(c3ccsc3)c3ccccc3N2c2ccccc21. The number of fused-ring (bicyclic) bond motifs is 5. The number of hydrogen-bond acceptors (Lipinski definition) is 3. The number of anilines is 2. The molecule has 3 heteroatoms. The summed E-state index contributed by atoms with van der Waals surface area (Å²) in [7, 11) is 0. The Balaban J connectivity index is 1.71. The molecule has 2 aliphatic rings. The van der Waals surface area contributed by atoms with E-state index in [4.69, 9.17) is 4.74 Å². The molecule has 3 aromatic rings. The number of ether oxygens (including phenoxy) is 1. The summed E-state index contributed by atoms with van der Waals surface area (Å²) in [5, 5.41) is 4.29. The van der Waals surface area contributed by atoms with Gasteiger partial charge in [-0.2, -0.15) is 11.3 Å². The van der Waals surface area contributed by atoms with Crippen LogP contribution in [-0.2, 0) is 4.74 Å². The lowest BCUT2D eigenvalue weighted by Crippen LogP contribution is -2.39. The summed E-state index contributed by atoms with van der Waals surface area (Å²) in [6.07, 6.45) is 4.24. The Morgan fingerprint density at radius 3 is 2.61 bits per heavy atom. The van der Waals surface area contributed by atoms with E-state index < -0.39 is 0 Å². The molecule has 2 atom stereocenters. The van der Waals surface area contributed by atoms with Crippen LogP contribution < -0.4 is 4.90 Å². The summed E-state index contributed by atoms with van der Waals surface area (Å²) in [4.78, 5) is 2.30. The molecule has 0 fully saturated rings. The number of nitrogens with zero attached hydrogens (tertiary/aromatic N) is 1. The molecule has 0 N–H and O–H groups in total. The van der Waals surface area contributed by atoms with Gasteiger partial charge in [-0.25, -0.2) is 0 Å². The molecule has 0 bridgehead atoms. The first-order valence-electron chi connectivity index (χ1n) is 7.75. The zero-order valence-electron chi connectivity index (χ0n) is 12.4. The standard InChI is InChI=1S/C20H15NOS/c1-3-7-17-14(5-1)9-10-19-21(17)18-8-4-2-6-16(18)20(22-19)15-11-12-23-13-15/h1-13,19-20H. The molecule has 2 unspecified atom stereocenters. The number of hydrogen-bond donors (Lipinski definition) is 0. The molecule has 2 aliphatic heterocycles. The molecule has 0 saturated heterocycles. The molecule has 2 nitrogen and oxygen atoms in total. The Kier molecular flexibility index (Phi) is 2.90. The van der Waals surface area contributed by atoms with Crippen LogP contribution in [0.4, 0.5) is 11.4 Å². The van der Waals surface area contributed by atoms with Gasteiger partial charge >= 0.3 is 0 Å². The Hall–Kier alpha value is -2.36. The van der Waals surface area contributed by atoms with E-state index in [1.807, 2.05) is 0 Å². The van der Waals surface area contributed by atoms with Gasteiger partial charge in [0.25, 0.3) is 0 Å². The Labute approximate surface area is 139 Å². The van der Waals surface area contributed by atoms with Crippen LogP contribution in [0.1, 0.15) is 22.8 Å². The van der Waals surface area contributed by atoms with Crippen molar-refractivity contribution >= 4 is 28.8 Å². The highest BCUT2D eigenvalue weighted by Crippen LogP contribution is 2.46. The van der Waals surface area contributed by atoms with Crippen molar-refractivity contribution in [1.82, 2.24) is 0 Å². The van der Waals surface area contributed by atoms with Crippen LogP contribution in [0.15, 0.2) is 71.4 Å². The van der Waals surface area contributed by atoms with Crippen molar-refractivity contribution in [2.24, 2.45) is 0 Å². The van der Waals surface area contributed by atoms with E-state index in [-0.39, 0.29) is 12.3 Å². The van der Waals surface area contributed by atoms with Gasteiger partial charge in [0.05, 0.1) is 11.4 Å². The van der Waals surface area contributed by atoms with Crippen molar-refractivity contribution in [3.63, 3.8) is 0 Å². The summed E-state index contributed by atoms with van der Waals surface area (Å²) in [6.45, 7) is 0. The zero-order valence-corrected chi connectivity index (χ0v) is 13.2. The van der Waals surface area contributed by atoms with Crippen molar-refractivity contribution in [1.29, 1.82) is 0 Å². The first-order valence-corrected chi connectivity index (χ1v) is 8.69. The molecule has 0 amide bonds. The predicted molar refractivity (Wildman–Crippen MR) is 95.1 cm³/mol. The largest absolute Gasteiger partial charge is 0.342 e. The van der Waals surface area contributed by atoms with E-state index in [2.05, 4.69) is 82.4 Å². The van der Waals surface area contributed by atoms with Crippen molar-refractivity contribution in [3.8, 4) is 0 Å². The smallest absolute Gasteiger partial charge is 0.155 e. The summed E-state index contributed by atoms with van der Waals surface area (Å²) in [5.41, 5.74) is 6.13. The number of thiophene rings is 1. The molecular formula is C20H15NOS. The van der Waals surface area contributed by atoms with Gasteiger partial charge in [-0.3, -0.25) is 0 Å². The second-order valence-corrected chi connectivity index (χ2v) is 6.59. The van der Waals surface area contributed by atoms with Crippen LogP contribution in [0.2, 0.25) is 0 Å². The highest BCUT2D eigenvalue weighted by atomic mass is 32.1. The fourth-order valence-corrected chi connectivity index (χ4v) is 4.13. The molecule has 0 aliphatic carbocycles. The minimum atomic E-state index is -0.0651. The second kappa shape index (κ2) is 5.08. The van der Waals surface area contributed by atoms with Crippen molar-refractivity contribution < 1.29 is 4.74 Å². The maximum Gasteiger partial charge on any atom is 0.155 e. The molecule has 2 aromatic carbocycles. The van der Waals surface area contributed by atoms with E-state index in [1.54, 1.807) is 11.3 Å². The van der Waals surface area contributed by atoms with Crippen molar-refractivity contribution in [2.45, 2.75) is 12.3 Å². The van der Waals surface area contributed by atoms with Crippen LogP contribution in [0, 0.1) is 0 Å². The summed E-state index contributed by atoms with van der Waals surface area (Å²) in [5.74, 6) is 0. The van der Waals surface area contributed by atoms with Crippen LogP contribution in [-0.4, -0.2) is 6.23 Å². The lowest BCUT2D eigenvalue weighted by atomic mass is 9.96. The van der Waals surface area contributed by atoms with Crippen LogP contribution in [0.3, 0.4) is 0 Å². The maximum atomic E-state index is 6.46. The fourth-order valence-electron chi connectivity index (χ4n) is 3.45. The van der Waals surface area contributed by atoms with Gasteiger partial charge in [0.15, 0.2) is 6.23 Å². The lowest BCUT2D eigenvalue weighted by Gasteiger charge is -2.43. The van der Waals surface area contributed by atoms with Crippen LogP contribution in [0.5, 0.6) is 0 Å². The Bertz CT molecular complexity index is 884. The first-order chi connectivity index (χ1) is 11.4. The molecular weight excluding hydrogens is 302 g/mol. The highest BCUT2D eigenvalue weighted by Gasteiger charge is 2.35. The van der Waals surface area contributed by atoms with Crippen LogP contribution in [0.25, 0.3) is 6.08 Å². The number of benzene rings is 2. The highest BCUT2D eigenvalue weighted by molar-refractivity contribution is 7.08. The van der Waals surface area contributed by atoms with E-state index in [0.29, 0.717) is 0 Å². The van der Waals surface area contributed by atoms with Gasteiger partial charge in [0.2, 0.25) is 0 Å². The Morgan fingerprint density at radius 1 is 0.913 bits per heavy atom. The topological polar surface area (TPSA) is 12.5 Å². The molecule has 0 saturated carbocycles.